The maximum atomic E-state index is 12.0. The van der Waals surface area contributed by atoms with Crippen molar-refractivity contribution in [2.24, 2.45) is 5.92 Å². The van der Waals surface area contributed by atoms with Gasteiger partial charge in [0.25, 0.3) is 0 Å². The first-order chi connectivity index (χ1) is 10.1. The molecule has 0 aliphatic carbocycles. The molecule has 0 saturated heterocycles. The number of carbonyl (C=O) groups is 3. The van der Waals surface area contributed by atoms with Crippen LogP contribution in [0.3, 0.4) is 0 Å². The number of fused-ring (bicyclic) bond motifs is 1. The Hall–Kier alpha value is -2.37. The van der Waals surface area contributed by atoms with Crippen molar-refractivity contribution in [3.8, 4) is 0 Å². The molecule has 6 nitrogen and oxygen atoms in total. The van der Waals surface area contributed by atoms with Gasteiger partial charge in [-0.25, -0.2) is 4.79 Å². The van der Waals surface area contributed by atoms with Crippen LogP contribution in [0, 0.1) is 5.92 Å². The van der Waals surface area contributed by atoms with Gasteiger partial charge in [-0.1, -0.05) is 18.2 Å². The number of benzene rings is 1. The van der Waals surface area contributed by atoms with Gasteiger partial charge in [0.15, 0.2) is 12.0 Å². The van der Waals surface area contributed by atoms with Crippen LogP contribution in [0.25, 0.3) is 0 Å². The molecule has 112 valence electrons. The van der Waals surface area contributed by atoms with E-state index in [1.54, 1.807) is 38.1 Å². The van der Waals surface area contributed by atoms with Crippen LogP contribution in [0.1, 0.15) is 35.9 Å². The van der Waals surface area contributed by atoms with E-state index in [1.165, 1.54) is 0 Å². The molecule has 1 aromatic rings. The van der Waals surface area contributed by atoms with Crippen molar-refractivity contribution in [2.75, 3.05) is 13.2 Å². The van der Waals surface area contributed by atoms with Gasteiger partial charge < -0.3 is 14.2 Å². The van der Waals surface area contributed by atoms with Crippen molar-refractivity contribution in [3.05, 3.63) is 35.4 Å². The molecule has 0 fully saturated rings. The van der Waals surface area contributed by atoms with Crippen molar-refractivity contribution in [1.29, 1.82) is 0 Å². The third-order valence-electron chi connectivity index (χ3n) is 3.11. The molecular weight excluding hydrogens is 276 g/mol. The first-order valence-electron chi connectivity index (χ1n) is 6.73. The summed E-state index contributed by atoms with van der Waals surface area (Å²) in [5.41, 5.74) is 0.842. The van der Waals surface area contributed by atoms with Crippen molar-refractivity contribution >= 4 is 17.9 Å². The van der Waals surface area contributed by atoms with E-state index in [4.69, 9.17) is 14.2 Å². The maximum Gasteiger partial charge on any atom is 0.339 e. The van der Waals surface area contributed by atoms with Crippen LogP contribution >= 0.6 is 0 Å². The Bertz CT molecular complexity index is 547. The third-order valence-corrected chi connectivity index (χ3v) is 3.11. The highest BCUT2D eigenvalue weighted by Gasteiger charge is 2.45. The summed E-state index contributed by atoms with van der Waals surface area (Å²) in [6.07, 6.45) is -1.01. The number of hydrogen-bond acceptors (Lipinski definition) is 6. The second-order valence-corrected chi connectivity index (χ2v) is 4.39. The highest BCUT2D eigenvalue weighted by Crippen LogP contribution is 2.37. The molecule has 1 unspecified atom stereocenters. The lowest BCUT2D eigenvalue weighted by Gasteiger charge is -2.20. The van der Waals surface area contributed by atoms with E-state index in [1.807, 2.05) is 0 Å². The summed E-state index contributed by atoms with van der Waals surface area (Å²) < 4.78 is 15.0. The van der Waals surface area contributed by atoms with Gasteiger partial charge in [0.1, 0.15) is 0 Å². The van der Waals surface area contributed by atoms with E-state index in [-0.39, 0.29) is 13.2 Å². The molecule has 0 spiro atoms. The van der Waals surface area contributed by atoms with Gasteiger partial charge in [-0.2, -0.15) is 0 Å². The molecule has 1 heterocycles. The van der Waals surface area contributed by atoms with E-state index < -0.39 is 29.9 Å². The lowest BCUT2D eigenvalue weighted by Crippen LogP contribution is -2.33. The number of ether oxygens (including phenoxy) is 3. The van der Waals surface area contributed by atoms with Crippen LogP contribution < -0.4 is 0 Å². The van der Waals surface area contributed by atoms with Gasteiger partial charge in [-0.15, -0.1) is 0 Å². The molecule has 21 heavy (non-hydrogen) atoms. The van der Waals surface area contributed by atoms with Gasteiger partial charge in [0, 0.05) is 5.56 Å². The minimum atomic E-state index is -1.31. The summed E-state index contributed by atoms with van der Waals surface area (Å²) in [6.45, 7) is 3.51. The average molecular weight is 292 g/mol. The zero-order valence-electron chi connectivity index (χ0n) is 11.8. The summed E-state index contributed by atoms with van der Waals surface area (Å²) >= 11 is 0. The summed E-state index contributed by atoms with van der Waals surface area (Å²) in [7, 11) is 0. The van der Waals surface area contributed by atoms with E-state index in [2.05, 4.69) is 0 Å². The molecular formula is C15H16O6. The lowest BCUT2D eigenvalue weighted by atomic mass is 9.94. The predicted molar refractivity (Wildman–Crippen MR) is 71.4 cm³/mol. The zero-order chi connectivity index (χ0) is 15.4. The molecule has 2 rings (SSSR count). The molecule has 1 aromatic carbocycles. The van der Waals surface area contributed by atoms with E-state index >= 15 is 0 Å². The fourth-order valence-electron chi connectivity index (χ4n) is 2.23. The summed E-state index contributed by atoms with van der Waals surface area (Å²) in [6, 6.07) is 6.63. The van der Waals surface area contributed by atoms with E-state index in [0.717, 1.165) is 0 Å². The van der Waals surface area contributed by atoms with Crippen LogP contribution in [0.5, 0.6) is 0 Å². The second-order valence-electron chi connectivity index (χ2n) is 4.39. The Kier molecular flexibility index (Phi) is 4.57. The van der Waals surface area contributed by atoms with Crippen molar-refractivity contribution in [2.45, 2.75) is 20.0 Å². The quantitative estimate of drug-likeness (QED) is 0.466. The Morgan fingerprint density at radius 1 is 1.14 bits per heavy atom. The minimum Gasteiger partial charge on any atom is -0.465 e. The molecule has 0 aromatic heterocycles. The van der Waals surface area contributed by atoms with Crippen LogP contribution in [-0.2, 0) is 23.8 Å². The standard InChI is InChI=1S/C15H16O6/c1-3-19-14(17)11(15(18)20-4-2)12-9-7-5-6-8-10(9)13(16)21-12/h5-8,11-12H,3-4H2,1-2H3. The third kappa shape index (κ3) is 2.89. The molecule has 0 amide bonds. The molecule has 0 radical (unpaired) electrons. The predicted octanol–water partition coefficient (Wildman–Crippen LogP) is 1.64. The zero-order valence-corrected chi connectivity index (χ0v) is 11.8. The minimum absolute atomic E-state index is 0.122. The van der Waals surface area contributed by atoms with Crippen molar-refractivity contribution < 1.29 is 28.6 Å². The summed E-state index contributed by atoms with van der Waals surface area (Å²) in [4.78, 5) is 35.9. The molecule has 6 heteroatoms. The molecule has 0 N–H and O–H groups in total. The lowest BCUT2D eigenvalue weighted by molar-refractivity contribution is -0.167. The van der Waals surface area contributed by atoms with Gasteiger partial charge in [-0.3, -0.25) is 9.59 Å². The smallest absolute Gasteiger partial charge is 0.339 e. The number of esters is 3. The highest BCUT2D eigenvalue weighted by molar-refractivity contribution is 6.00. The number of cyclic esters (lactones) is 1. The van der Waals surface area contributed by atoms with Crippen molar-refractivity contribution in [1.82, 2.24) is 0 Å². The Morgan fingerprint density at radius 2 is 1.71 bits per heavy atom. The summed E-state index contributed by atoms with van der Waals surface area (Å²) in [5.74, 6) is -3.39. The van der Waals surface area contributed by atoms with Gasteiger partial charge in [0.05, 0.1) is 18.8 Å². The van der Waals surface area contributed by atoms with E-state index in [0.29, 0.717) is 11.1 Å². The monoisotopic (exact) mass is 292 g/mol. The Labute approximate surface area is 122 Å². The number of hydrogen-bond donors (Lipinski definition) is 0. The molecule has 1 aliphatic rings. The molecule has 1 aliphatic heterocycles. The van der Waals surface area contributed by atoms with Crippen LogP contribution in [0.2, 0.25) is 0 Å². The summed E-state index contributed by atoms with van der Waals surface area (Å²) in [5, 5.41) is 0. The SMILES string of the molecule is CCOC(=O)C(C(=O)OCC)C1OC(=O)c2ccccc21. The number of rotatable bonds is 5. The van der Waals surface area contributed by atoms with Crippen LogP contribution in [-0.4, -0.2) is 31.1 Å². The Morgan fingerprint density at radius 3 is 2.29 bits per heavy atom. The highest BCUT2D eigenvalue weighted by atomic mass is 16.6. The molecule has 1 atom stereocenters. The Balaban J connectivity index is 2.36. The first kappa shape index (κ1) is 15.0. The van der Waals surface area contributed by atoms with Crippen LogP contribution in [0.4, 0.5) is 0 Å². The fraction of sp³-hybridized carbons (Fsp3) is 0.400. The number of carbonyl (C=O) groups excluding carboxylic acids is 3. The van der Waals surface area contributed by atoms with Gasteiger partial charge in [0.2, 0.25) is 0 Å². The average Bonchev–Trinajstić information content (AvgIpc) is 2.78. The fourth-order valence-corrected chi connectivity index (χ4v) is 2.23. The molecule has 0 bridgehead atoms. The maximum absolute atomic E-state index is 12.0. The van der Waals surface area contributed by atoms with Gasteiger partial charge in [-0.05, 0) is 19.9 Å². The molecule has 0 saturated carbocycles. The topological polar surface area (TPSA) is 78.9 Å². The van der Waals surface area contributed by atoms with E-state index in [9.17, 15) is 14.4 Å². The largest absolute Gasteiger partial charge is 0.465 e. The normalized spacial score (nSPS) is 16.3. The second kappa shape index (κ2) is 6.39. The van der Waals surface area contributed by atoms with Gasteiger partial charge >= 0.3 is 17.9 Å². The van der Waals surface area contributed by atoms with Crippen LogP contribution in [0.15, 0.2) is 24.3 Å². The van der Waals surface area contributed by atoms with Crippen molar-refractivity contribution in [3.63, 3.8) is 0 Å². The first-order valence-corrected chi connectivity index (χ1v) is 6.73.